The molecule has 0 spiro atoms. The van der Waals surface area contributed by atoms with Crippen molar-refractivity contribution in [1.29, 1.82) is 0 Å². The van der Waals surface area contributed by atoms with Crippen molar-refractivity contribution in [2.24, 2.45) is 0 Å². The van der Waals surface area contributed by atoms with Crippen LogP contribution in [0.2, 0.25) is 0 Å². The number of carbonyl (C=O) groups excluding carboxylic acids is 2. The molecule has 156 valence electrons. The minimum absolute atomic E-state index is 0.0618. The first kappa shape index (κ1) is 20.8. The summed E-state index contributed by atoms with van der Waals surface area (Å²) >= 11 is 0. The van der Waals surface area contributed by atoms with Gasteiger partial charge in [-0.15, -0.1) is 0 Å². The van der Waals surface area contributed by atoms with Gasteiger partial charge in [-0.25, -0.2) is 0 Å². The van der Waals surface area contributed by atoms with Gasteiger partial charge in [-0.05, 0) is 50.5 Å². The molecule has 1 fully saturated rings. The SMILES string of the molecule is CCOC(=O)CCN(C(=O)CCCc1nc(-c2ccc(OC)cc2)no1)C1CC1. The lowest BCUT2D eigenvalue weighted by atomic mass is 10.2. The van der Waals surface area contributed by atoms with E-state index in [0.29, 0.717) is 44.1 Å². The first-order chi connectivity index (χ1) is 14.1. The lowest BCUT2D eigenvalue weighted by Crippen LogP contribution is -2.35. The van der Waals surface area contributed by atoms with Gasteiger partial charge in [0, 0.05) is 31.0 Å². The number of aromatic nitrogens is 2. The van der Waals surface area contributed by atoms with Gasteiger partial charge in [-0.1, -0.05) is 5.16 Å². The number of methoxy groups -OCH3 is 1. The van der Waals surface area contributed by atoms with Gasteiger partial charge in [0.2, 0.25) is 17.6 Å². The number of benzene rings is 1. The molecule has 29 heavy (non-hydrogen) atoms. The highest BCUT2D eigenvalue weighted by Crippen LogP contribution is 2.28. The van der Waals surface area contributed by atoms with E-state index < -0.39 is 0 Å². The fourth-order valence-electron chi connectivity index (χ4n) is 3.09. The van der Waals surface area contributed by atoms with Crippen LogP contribution in [0.25, 0.3) is 11.4 Å². The van der Waals surface area contributed by atoms with E-state index >= 15 is 0 Å². The summed E-state index contributed by atoms with van der Waals surface area (Å²) < 4.78 is 15.4. The Hall–Kier alpha value is -2.90. The summed E-state index contributed by atoms with van der Waals surface area (Å²) in [6.07, 6.45) is 3.79. The van der Waals surface area contributed by atoms with Crippen molar-refractivity contribution in [3.05, 3.63) is 30.2 Å². The zero-order valence-corrected chi connectivity index (χ0v) is 16.9. The Morgan fingerprint density at radius 3 is 2.62 bits per heavy atom. The van der Waals surface area contributed by atoms with E-state index in [-0.39, 0.29) is 24.3 Å². The average molecular weight is 401 g/mol. The minimum atomic E-state index is -0.261. The van der Waals surface area contributed by atoms with E-state index in [0.717, 1.165) is 24.2 Å². The van der Waals surface area contributed by atoms with Crippen molar-refractivity contribution in [2.45, 2.75) is 51.5 Å². The molecule has 8 heteroatoms. The summed E-state index contributed by atoms with van der Waals surface area (Å²) in [4.78, 5) is 30.4. The summed E-state index contributed by atoms with van der Waals surface area (Å²) in [6.45, 7) is 2.56. The number of ether oxygens (including phenoxy) is 2. The quantitative estimate of drug-likeness (QED) is 0.534. The van der Waals surface area contributed by atoms with Crippen LogP contribution in [0.15, 0.2) is 28.8 Å². The third kappa shape index (κ3) is 6.04. The van der Waals surface area contributed by atoms with Crippen molar-refractivity contribution in [2.75, 3.05) is 20.3 Å². The second-order valence-corrected chi connectivity index (χ2v) is 6.97. The standard InChI is InChI=1S/C21H27N3O5/c1-3-28-20(26)13-14-24(16-9-10-16)19(25)6-4-5-18-22-21(23-29-18)15-7-11-17(27-2)12-8-15/h7-8,11-12,16H,3-6,9-10,13-14H2,1-2H3. The predicted octanol–water partition coefficient (Wildman–Crippen LogP) is 3.01. The summed E-state index contributed by atoms with van der Waals surface area (Å²) in [5, 5.41) is 4.01. The summed E-state index contributed by atoms with van der Waals surface area (Å²) in [5.41, 5.74) is 0.843. The second-order valence-electron chi connectivity index (χ2n) is 6.97. The highest BCUT2D eigenvalue weighted by molar-refractivity contribution is 5.78. The molecule has 3 rings (SSSR count). The number of rotatable bonds is 11. The van der Waals surface area contributed by atoms with Crippen molar-refractivity contribution >= 4 is 11.9 Å². The van der Waals surface area contributed by atoms with Gasteiger partial charge in [-0.2, -0.15) is 4.98 Å². The van der Waals surface area contributed by atoms with E-state index in [1.165, 1.54) is 0 Å². The fourth-order valence-corrected chi connectivity index (χ4v) is 3.09. The molecule has 1 heterocycles. The fraction of sp³-hybridized carbons (Fsp3) is 0.524. The Bertz CT molecular complexity index is 814. The van der Waals surface area contributed by atoms with Gasteiger partial charge in [0.25, 0.3) is 0 Å². The lowest BCUT2D eigenvalue weighted by molar-refractivity contribution is -0.144. The van der Waals surface area contributed by atoms with Gasteiger partial charge in [0.1, 0.15) is 5.75 Å². The molecule has 2 aromatic rings. The molecule has 0 N–H and O–H groups in total. The van der Waals surface area contributed by atoms with Crippen molar-refractivity contribution in [3.63, 3.8) is 0 Å². The van der Waals surface area contributed by atoms with Gasteiger partial charge in [0.05, 0.1) is 20.1 Å². The number of aryl methyl sites for hydroxylation is 1. The molecule has 0 radical (unpaired) electrons. The van der Waals surface area contributed by atoms with Crippen molar-refractivity contribution in [3.8, 4) is 17.1 Å². The monoisotopic (exact) mass is 401 g/mol. The van der Waals surface area contributed by atoms with Gasteiger partial charge in [0.15, 0.2) is 0 Å². The third-order valence-electron chi connectivity index (χ3n) is 4.77. The topological polar surface area (TPSA) is 94.8 Å². The maximum absolute atomic E-state index is 12.6. The third-order valence-corrected chi connectivity index (χ3v) is 4.77. The lowest BCUT2D eigenvalue weighted by Gasteiger charge is -2.22. The van der Waals surface area contributed by atoms with Crippen LogP contribution in [0, 0.1) is 0 Å². The largest absolute Gasteiger partial charge is 0.497 e. The Kier molecular flexibility index (Phi) is 7.21. The molecule has 0 unspecified atom stereocenters. The molecular weight excluding hydrogens is 374 g/mol. The van der Waals surface area contributed by atoms with Crippen LogP contribution in [-0.2, 0) is 20.7 Å². The highest BCUT2D eigenvalue weighted by atomic mass is 16.5. The highest BCUT2D eigenvalue weighted by Gasteiger charge is 2.32. The summed E-state index contributed by atoms with van der Waals surface area (Å²) in [6, 6.07) is 7.68. The van der Waals surface area contributed by atoms with E-state index in [4.69, 9.17) is 14.0 Å². The summed E-state index contributed by atoms with van der Waals surface area (Å²) in [5.74, 6) is 1.59. The van der Waals surface area contributed by atoms with E-state index in [1.54, 1.807) is 14.0 Å². The molecule has 0 saturated heterocycles. The van der Waals surface area contributed by atoms with Crippen LogP contribution >= 0.6 is 0 Å². The number of carbonyl (C=O) groups is 2. The van der Waals surface area contributed by atoms with Crippen LogP contribution in [0.1, 0.15) is 44.9 Å². The second kappa shape index (κ2) is 10.0. The Balaban J connectivity index is 1.46. The molecular formula is C21H27N3O5. The van der Waals surface area contributed by atoms with Gasteiger partial charge < -0.3 is 18.9 Å². The van der Waals surface area contributed by atoms with Crippen molar-refractivity contribution < 1.29 is 23.6 Å². The first-order valence-corrected chi connectivity index (χ1v) is 10.0. The zero-order chi connectivity index (χ0) is 20.6. The maximum Gasteiger partial charge on any atom is 0.307 e. The summed E-state index contributed by atoms with van der Waals surface area (Å²) in [7, 11) is 1.62. The number of hydrogen-bond acceptors (Lipinski definition) is 7. The van der Waals surface area contributed by atoms with Crippen LogP contribution in [0.3, 0.4) is 0 Å². The Labute approximate surface area is 170 Å². The Morgan fingerprint density at radius 2 is 1.97 bits per heavy atom. The van der Waals surface area contributed by atoms with Crippen LogP contribution in [0.4, 0.5) is 0 Å². The van der Waals surface area contributed by atoms with Crippen LogP contribution < -0.4 is 4.74 Å². The normalized spacial score (nSPS) is 13.2. The number of hydrogen-bond donors (Lipinski definition) is 0. The number of esters is 1. The van der Waals surface area contributed by atoms with E-state index in [9.17, 15) is 9.59 Å². The van der Waals surface area contributed by atoms with E-state index in [1.807, 2.05) is 29.2 Å². The van der Waals surface area contributed by atoms with Crippen LogP contribution in [0.5, 0.6) is 5.75 Å². The maximum atomic E-state index is 12.6. The first-order valence-electron chi connectivity index (χ1n) is 10.0. The van der Waals surface area contributed by atoms with Crippen molar-refractivity contribution in [1.82, 2.24) is 15.0 Å². The van der Waals surface area contributed by atoms with Gasteiger partial charge in [-0.3, -0.25) is 9.59 Å². The smallest absolute Gasteiger partial charge is 0.307 e. The minimum Gasteiger partial charge on any atom is -0.497 e. The molecule has 1 aliphatic rings. The molecule has 1 aliphatic carbocycles. The van der Waals surface area contributed by atoms with Crippen LogP contribution in [-0.4, -0.2) is 53.2 Å². The molecule has 1 aromatic heterocycles. The molecule has 1 aromatic carbocycles. The molecule has 1 amide bonds. The predicted molar refractivity (Wildman–Crippen MR) is 105 cm³/mol. The molecule has 0 aliphatic heterocycles. The molecule has 8 nitrogen and oxygen atoms in total. The zero-order valence-electron chi connectivity index (χ0n) is 16.9. The molecule has 0 atom stereocenters. The molecule has 0 bridgehead atoms. The molecule has 1 saturated carbocycles. The number of nitrogens with zero attached hydrogens (tertiary/aromatic N) is 3. The number of amides is 1. The average Bonchev–Trinajstić information content (AvgIpc) is 3.45. The van der Waals surface area contributed by atoms with E-state index in [2.05, 4.69) is 10.1 Å². The Morgan fingerprint density at radius 1 is 1.21 bits per heavy atom. The van der Waals surface area contributed by atoms with Gasteiger partial charge >= 0.3 is 5.97 Å².